The molecule has 0 saturated heterocycles. The molecular weight excluding hydrogens is 240 g/mol. The first-order valence-corrected chi connectivity index (χ1v) is 7.12. The topological polar surface area (TPSA) is 35.5 Å². The van der Waals surface area contributed by atoms with Gasteiger partial charge in [-0.3, -0.25) is 4.89 Å². The van der Waals surface area contributed by atoms with Crippen molar-refractivity contribution in [3.05, 3.63) is 41.5 Å². The van der Waals surface area contributed by atoms with Gasteiger partial charge in [0.05, 0.1) is 5.56 Å². The van der Waals surface area contributed by atoms with E-state index in [2.05, 4.69) is 6.92 Å². The van der Waals surface area contributed by atoms with Crippen LogP contribution in [0.1, 0.15) is 61.4 Å². The lowest BCUT2D eigenvalue weighted by atomic mass is 10.1. The van der Waals surface area contributed by atoms with E-state index in [0.29, 0.717) is 5.56 Å². The molecular formula is C16H21O3. The fourth-order valence-corrected chi connectivity index (χ4v) is 2.19. The zero-order valence-electron chi connectivity index (χ0n) is 11.5. The van der Waals surface area contributed by atoms with Crippen LogP contribution in [0, 0.1) is 6.10 Å². The first-order chi connectivity index (χ1) is 9.29. The minimum absolute atomic E-state index is 0.415. The first kappa shape index (κ1) is 14.1. The Kier molecular flexibility index (Phi) is 5.40. The molecule has 1 radical (unpaired) electrons. The number of aryl methyl sites for hydroxylation is 1. The maximum Gasteiger partial charge on any atom is 0.373 e. The Morgan fingerprint density at radius 1 is 1.16 bits per heavy atom. The van der Waals surface area contributed by atoms with Crippen molar-refractivity contribution in [1.29, 1.82) is 0 Å². The number of hydrogen-bond acceptors (Lipinski definition) is 3. The Labute approximate surface area is 114 Å². The van der Waals surface area contributed by atoms with E-state index < -0.39 is 5.97 Å². The van der Waals surface area contributed by atoms with Crippen LogP contribution in [-0.4, -0.2) is 5.97 Å². The van der Waals surface area contributed by atoms with E-state index in [0.717, 1.165) is 38.2 Å². The highest BCUT2D eigenvalue weighted by atomic mass is 17.2. The molecule has 1 aliphatic rings. The molecule has 1 saturated carbocycles. The van der Waals surface area contributed by atoms with Gasteiger partial charge in [-0.1, -0.05) is 38.3 Å². The summed E-state index contributed by atoms with van der Waals surface area (Å²) in [6.45, 7) is 2.17. The Morgan fingerprint density at radius 3 is 2.47 bits per heavy atom. The molecule has 0 unspecified atom stereocenters. The summed E-state index contributed by atoms with van der Waals surface area (Å²) in [6.07, 6.45) is 8.35. The van der Waals surface area contributed by atoms with Crippen LogP contribution >= 0.6 is 0 Å². The fraction of sp³-hybridized carbons (Fsp3) is 0.500. The molecule has 2 rings (SSSR count). The molecule has 1 aromatic rings. The third kappa shape index (κ3) is 4.35. The normalized spacial score (nSPS) is 15.6. The molecule has 19 heavy (non-hydrogen) atoms. The van der Waals surface area contributed by atoms with E-state index in [1.165, 1.54) is 18.4 Å². The van der Waals surface area contributed by atoms with Gasteiger partial charge in [0.1, 0.15) is 6.10 Å². The van der Waals surface area contributed by atoms with Crippen LogP contribution in [0.4, 0.5) is 0 Å². The third-order valence-corrected chi connectivity index (χ3v) is 3.41. The lowest BCUT2D eigenvalue weighted by Crippen LogP contribution is -2.08. The second-order valence-electron chi connectivity index (χ2n) is 5.00. The van der Waals surface area contributed by atoms with Crippen LogP contribution in [0.2, 0.25) is 0 Å². The highest BCUT2D eigenvalue weighted by Gasteiger charge is 2.20. The first-order valence-electron chi connectivity index (χ1n) is 7.12. The highest BCUT2D eigenvalue weighted by molar-refractivity contribution is 5.88. The predicted molar refractivity (Wildman–Crippen MR) is 73.3 cm³/mol. The van der Waals surface area contributed by atoms with Gasteiger partial charge in [-0.05, 0) is 43.4 Å². The quantitative estimate of drug-likeness (QED) is 0.568. The van der Waals surface area contributed by atoms with Crippen LogP contribution < -0.4 is 0 Å². The number of carbonyl (C=O) groups excluding carboxylic acids is 1. The van der Waals surface area contributed by atoms with Crippen LogP contribution in [0.5, 0.6) is 0 Å². The van der Waals surface area contributed by atoms with Gasteiger partial charge in [-0.2, -0.15) is 4.89 Å². The molecule has 0 aliphatic heterocycles. The summed E-state index contributed by atoms with van der Waals surface area (Å²) in [5.74, 6) is -0.415. The minimum Gasteiger partial charge on any atom is -0.292 e. The van der Waals surface area contributed by atoms with Gasteiger partial charge in [0.15, 0.2) is 0 Å². The third-order valence-electron chi connectivity index (χ3n) is 3.41. The van der Waals surface area contributed by atoms with Crippen LogP contribution in [0.15, 0.2) is 24.3 Å². The number of rotatable bonds is 6. The van der Waals surface area contributed by atoms with E-state index in [4.69, 9.17) is 9.78 Å². The lowest BCUT2D eigenvalue weighted by Gasteiger charge is -2.08. The molecule has 0 atom stereocenters. The zero-order valence-corrected chi connectivity index (χ0v) is 11.5. The van der Waals surface area contributed by atoms with Crippen molar-refractivity contribution in [2.45, 2.75) is 51.9 Å². The van der Waals surface area contributed by atoms with Crippen molar-refractivity contribution in [2.75, 3.05) is 0 Å². The van der Waals surface area contributed by atoms with Gasteiger partial charge in [0.2, 0.25) is 0 Å². The summed E-state index contributed by atoms with van der Waals surface area (Å²) in [7, 11) is 0. The molecule has 1 aromatic carbocycles. The SMILES string of the molecule is CCCCc1ccc(C(=O)OO[C]2CCCC2)cc1. The molecule has 103 valence electrons. The molecule has 1 fully saturated rings. The van der Waals surface area contributed by atoms with Gasteiger partial charge in [0, 0.05) is 0 Å². The average molecular weight is 261 g/mol. The fourth-order valence-electron chi connectivity index (χ4n) is 2.19. The Bertz CT molecular complexity index is 391. The summed E-state index contributed by atoms with van der Waals surface area (Å²) in [4.78, 5) is 21.7. The number of unbranched alkanes of at least 4 members (excludes halogenated alkanes) is 1. The minimum atomic E-state index is -0.415. The number of hydrogen-bond donors (Lipinski definition) is 0. The van der Waals surface area contributed by atoms with Crippen LogP contribution in [-0.2, 0) is 16.2 Å². The summed E-state index contributed by atoms with van der Waals surface area (Å²) in [6, 6.07) is 7.57. The van der Waals surface area contributed by atoms with Crippen molar-refractivity contribution >= 4 is 5.97 Å². The predicted octanol–water partition coefficient (Wildman–Crippen LogP) is 4.22. The Balaban J connectivity index is 1.81. The van der Waals surface area contributed by atoms with Crippen LogP contribution in [0.3, 0.4) is 0 Å². The molecule has 1 aliphatic carbocycles. The second kappa shape index (κ2) is 7.29. The molecule has 3 heteroatoms. The number of benzene rings is 1. The molecule has 0 N–H and O–H groups in total. The van der Waals surface area contributed by atoms with Gasteiger partial charge < -0.3 is 0 Å². The monoisotopic (exact) mass is 261 g/mol. The van der Waals surface area contributed by atoms with Gasteiger partial charge >= 0.3 is 5.97 Å². The summed E-state index contributed by atoms with van der Waals surface area (Å²) in [5, 5.41) is 0. The van der Waals surface area contributed by atoms with E-state index in [-0.39, 0.29) is 0 Å². The number of carbonyl (C=O) groups is 1. The molecule has 0 bridgehead atoms. The van der Waals surface area contributed by atoms with Crippen molar-refractivity contribution in [3.8, 4) is 0 Å². The van der Waals surface area contributed by atoms with E-state index in [9.17, 15) is 4.79 Å². The summed E-state index contributed by atoms with van der Waals surface area (Å²) < 4.78 is 0. The molecule has 0 aromatic heterocycles. The van der Waals surface area contributed by atoms with E-state index in [1.807, 2.05) is 12.1 Å². The maximum absolute atomic E-state index is 11.8. The van der Waals surface area contributed by atoms with Crippen molar-refractivity contribution in [3.63, 3.8) is 0 Å². The zero-order chi connectivity index (χ0) is 13.5. The second-order valence-corrected chi connectivity index (χ2v) is 5.00. The van der Waals surface area contributed by atoms with Gasteiger partial charge in [0.25, 0.3) is 0 Å². The molecule has 0 amide bonds. The molecule has 0 spiro atoms. The van der Waals surface area contributed by atoms with Crippen molar-refractivity contribution in [2.24, 2.45) is 0 Å². The molecule has 0 heterocycles. The van der Waals surface area contributed by atoms with E-state index >= 15 is 0 Å². The van der Waals surface area contributed by atoms with Gasteiger partial charge in [-0.25, -0.2) is 4.79 Å². The summed E-state index contributed by atoms with van der Waals surface area (Å²) >= 11 is 0. The summed E-state index contributed by atoms with van der Waals surface area (Å²) in [5.41, 5.74) is 1.79. The smallest absolute Gasteiger partial charge is 0.292 e. The standard InChI is InChI=1S/C16H21O3/c1-2-3-6-13-9-11-14(12-10-13)16(17)19-18-15-7-4-5-8-15/h9-12H,2-8H2,1H3. The van der Waals surface area contributed by atoms with Crippen molar-refractivity contribution < 1.29 is 14.6 Å². The highest BCUT2D eigenvalue weighted by Crippen LogP contribution is 2.28. The van der Waals surface area contributed by atoms with Crippen molar-refractivity contribution in [1.82, 2.24) is 0 Å². The Morgan fingerprint density at radius 2 is 1.84 bits per heavy atom. The van der Waals surface area contributed by atoms with E-state index in [1.54, 1.807) is 12.1 Å². The largest absolute Gasteiger partial charge is 0.373 e. The lowest BCUT2D eigenvalue weighted by molar-refractivity contribution is -0.234. The average Bonchev–Trinajstić information content (AvgIpc) is 2.96. The van der Waals surface area contributed by atoms with Crippen LogP contribution in [0.25, 0.3) is 0 Å². The Hall–Kier alpha value is -1.35. The molecule has 3 nitrogen and oxygen atoms in total. The van der Waals surface area contributed by atoms with Gasteiger partial charge in [-0.15, -0.1) is 0 Å². The maximum atomic E-state index is 11.8.